The molecule has 1 N–H and O–H groups in total. The number of carbonyl (C=O) groups is 2. The molecular formula is C19H23N2O3+. The Morgan fingerprint density at radius 1 is 1.08 bits per heavy atom. The van der Waals surface area contributed by atoms with Gasteiger partial charge in [0.2, 0.25) is 11.8 Å². The van der Waals surface area contributed by atoms with E-state index in [1.165, 1.54) is 16.2 Å². The first-order chi connectivity index (χ1) is 11.7. The van der Waals surface area contributed by atoms with Gasteiger partial charge in [-0.25, -0.2) is 4.90 Å². The lowest BCUT2D eigenvalue weighted by Gasteiger charge is -2.41. The van der Waals surface area contributed by atoms with Crippen molar-refractivity contribution < 1.29 is 19.2 Å². The molecule has 0 radical (unpaired) electrons. The van der Waals surface area contributed by atoms with E-state index < -0.39 is 0 Å². The van der Waals surface area contributed by atoms with Crippen LogP contribution in [0, 0.1) is 11.8 Å². The van der Waals surface area contributed by atoms with E-state index in [1.54, 1.807) is 0 Å². The van der Waals surface area contributed by atoms with Crippen LogP contribution in [0.4, 0.5) is 5.69 Å². The van der Waals surface area contributed by atoms with Crippen LogP contribution >= 0.6 is 0 Å². The van der Waals surface area contributed by atoms with Crippen molar-refractivity contribution >= 4 is 17.5 Å². The first kappa shape index (κ1) is 14.6. The van der Waals surface area contributed by atoms with Gasteiger partial charge in [0.15, 0.2) is 0 Å². The molecule has 24 heavy (non-hydrogen) atoms. The molecule has 4 aliphatic heterocycles. The van der Waals surface area contributed by atoms with Gasteiger partial charge in [-0.15, -0.1) is 0 Å². The summed E-state index contributed by atoms with van der Waals surface area (Å²) in [6.45, 7) is 2.53. The minimum absolute atomic E-state index is 0.0278. The van der Waals surface area contributed by atoms with Gasteiger partial charge in [0, 0.05) is 25.7 Å². The highest BCUT2D eigenvalue weighted by molar-refractivity contribution is 6.22. The van der Waals surface area contributed by atoms with Crippen LogP contribution in [0.1, 0.15) is 25.7 Å². The van der Waals surface area contributed by atoms with Crippen molar-refractivity contribution in [3.8, 4) is 0 Å². The van der Waals surface area contributed by atoms with E-state index in [-0.39, 0.29) is 29.2 Å². The van der Waals surface area contributed by atoms with Crippen LogP contribution in [0.5, 0.6) is 0 Å². The van der Waals surface area contributed by atoms with Crippen molar-refractivity contribution in [2.24, 2.45) is 11.8 Å². The third-order valence-electron chi connectivity index (χ3n) is 6.83. The van der Waals surface area contributed by atoms with Crippen LogP contribution in [0.15, 0.2) is 30.3 Å². The summed E-state index contributed by atoms with van der Waals surface area (Å²) < 4.78 is 5.60. The first-order valence-electron chi connectivity index (χ1n) is 9.11. The summed E-state index contributed by atoms with van der Waals surface area (Å²) in [4.78, 5) is 29.6. The van der Waals surface area contributed by atoms with Gasteiger partial charge in [-0.3, -0.25) is 9.59 Å². The molecule has 0 bridgehead atoms. The van der Waals surface area contributed by atoms with Gasteiger partial charge in [-0.1, -0.05) is 18.2 Å². The average molecular weight is 327 g/mol. The van der Waals surface area contributed by atoms with Crippen molar-refractivity contribution in [3.05, 3.63) is 30.3 Å². The Morgan fingerprint density at radius 2 is 1.83 bits per heavy atom. The summed E-state index contributed by atoms with van der Waals surface area (Å²) in [6, 6.07) is 9.75. The number of carbonyl (C=O) groups excluding carboxylic acids is 2. The van der Waals surface area contributed by atoms with E-state index in [9.17, 15) is 9.59 Å². The van der Waals surface area contributed by atoms with E-state index in [4.69, 9.17) is 4.74 Å². The fourth-order valence-corrected chi connectivity index (χ4v) is 5.96. The molecule has 4 aliphatic rings. The van der Waals surface area contributed by atoms with Crippen molar-refractivity contribution in [1.29, 1.82) is 0 Å². The first-order valence-corrected chi connectivity index (χ1v) is 9.11. The molecule has 2 amide bonds. The SMILES string of the molecule is O=C1[C@@H]2[C@@H](C(=O)N1c1ccccc1)C1(CCOCC1)[NH+]1CCC[C@@H]21. The maximum Gasteiger partial charge on any atom is 0.244 e. The highest BCUT2D eigenvalue weighted by Crippen LogP contribution is 2.47. The molecular weight excluding hydrogens is 304 g/mol. The molecule has 5 heteroatoms. The molecule has 0 aromatic heterocycles. The third-order valence-corrected chi connectivity index (χ3v) is 6.83. The van der Waals surface area contributed by atoms with Crippen LogP contribution < -0.4 is 9.80 Å². The zero-order valence-corrected chi connectivity index (χ0v) is 13.7. The predicted molar refractivity (Wildman–Crippen MR) is 87.6 cm³/mol. The monoisotopic (exact) mass is 327 g/mol. The van der Waals surface area contributed by atoms with Gasteiger partial charge in [0.05, 0.1) is 25.4 Å². The number of benzene rings is 1. The molecule has 4 fully saturated rings. The lowest BCUT2D eigenvalue weighted by molar-refractivity contribution is -0.954. The van der Waals surface area contributed by atoms with Gasteiger partial charge >= 0.3 is 0 Å². The average Bonchev–Trinajstić information content (AvgIpc) is 3.25. The number of ether oxygens (including phenoxy) is 1. The van der Waals surface area contributed by atoms with Gasteiger partial charge < -0.3 is 9.64 Å². The van der Waals surface area contributed by atoms with E-state index in [0.717, 1.165) is 31.5 Å². The summed E-state index contributed by atoms with van der Waals surface area (Å²) in [5, 5.41) is 0. The van der Waals surface area contributed by atoms with Crippen LogP contribution in [0.3, 0.4) is 0 Å². The minimum atomic E-state index is -0.158. The molecule has 1 spiro atoms. The van der Waals surface area contributed by atoms with Gasteiger partial charge in [-0.2, -0.15) is 0 Å². The maximum absolute atomic E-state index is 13.4. The van der Waals surface area contributed by atoms with Crippen LogP contribution in [-0.2, 0) is 14.3 Å². The molecule has 4 heterocycles. The largest absolute Gasteiger partial charge is 0.381 e. The number of quaternary nitrogens is 1. The number of hydrogen-bond acceptors (Lipinski definition) is 3. The Labute approximate surface area is 141 Å². The Bertz CT molecular complexity index is 683. The fraction of sp³-hybridized carbons (Fsp3) is 0.579. The molecule has 126 valence electrons. The number of nitrogens with zero attached hydrogens (tertiary/aromatic N) is 1. The summed E-state index contributed by atoms with van der Waals surface area (Å²) >= 11 is 0. The number of rotatable bonds is 1. The quantitative estimate of drug-likeness (QED) is 0.760. The van der Waals surface area contributed by atoms with Crippen molar-refractivity contribution in [2.75, 3.05) is 24.7 Å². The highest BCUT2D eigenvalue weighted by Gasteiger charge is 2.72. The second-order valence-corrected chi connectivity index (χ2v) is 7.64. The molecule has 0 aliphatic carbocycles. The zero-order chi connectivity index (χ0) is 16.3. The normalized spacial score (nSPS) is 37.1. The van der Waals surface area contributed by atoms with Gasteiger partial charge in [-0.05, 0) is 12.1 Å². The van der Waals surface area contributed by atoms with Crippen LogP contribution in [0.25, 0.3) is 0 Å². The Morgan fingerprint density at radius 3 is 2.58 bits per heavy atom. The number of fused-ring (bicyclic) bond motifs is 5. The van der Waals surface area contributed by atoms with E-state index >= 15 is 0 Å². The number of amides is 2. The second-order valence-electron chi connectivity index (χ2n) is 7.64. The molecule has 4 saturated heterocycles. The lowest BCUT2D eigenvalue weighted by atomic mass is 9.74. The number of nitrogens with one attached hydrogen (secondary N) is 1. The van der Waals surface area contributed by atoms with Crippen molar-refractivity contribution in [2.45, 2.75) is 37.3 Å². The molecule has 1 aromatic carbocycles. The minimum Gasteiger partial charge on any atom is -0.381 e. The fourth-order valence-electron chi connectivity index (χ4n) is 5.96. The number of anilines is 1. The van der Waals surface area contributed by atoms with Gasteiger partial charge in [0.1, 0.15) is 23.4 Å². The summed E-state index contributed by atoms with van der Waals surface area (Å²) in [5.41, 5.74) is 0.643. The Kier molecular flexibility index (Phi) is 3.13. The van der Waals surface area contributed by atoms with E-state index in [1.807, 2.05) is 30.3 Å². The molecule has 1 unspecified atom stereocenters. The van der Waals surface area contributed by atoms with Crippen LogP contribution in [0.2, 0.25) is 0 Å². The molecule has 5 rings (SSSR count). The molecule has 5 nitrogen and oxygen atoms in total. The topological polar surface area (TPSA) is 51.0 Å². The standard InChI is InChI=1S/C19H22N2O3/c22-17-15-14-7-4-10-20(14)19(8-11-24-12-9-19)16(15)18(23)21(17)13-5-2-1-3-6-13/h1-3,5-6,14-16H,4,7-12H2/p+1/t14-,15-,16-/m0/s1. The predicted octanol–water partition coefficient (Wildman–Crippen LogP) is 0.402. The van der Waals surface area contributed by atoms with E-state index in [2.05, 4.69) is 0 Å². The smallest absolute Gasteiger partial charge is 0.244 e. The van der Waals surface area contributed by atoms with Crippen molar-refractivity contribution in [1.82, 2.24) is 0 Å². The second kappa shape index (κ2) is 5.14. The Balaban J connectivity index is 1.60. The molecule has 0 saturated carbocycles. The lowest BCUT2D eigenvalue weighted by Crippen LogP contribution is -3.20. The van der Waals surface area contributed by atoms with Crippen molar-refractivity contribution in [3.63, 3.8) is 0 Å². The number of imide groups is 1. The third kappa shape index (κ3) is 1.72. The zero-order valence-electron chi connectivity index (χ0n) is 13.7. The molecule has 4 atom stereocenters. The molecule has 1 aromatic rings. The maximum atomic E-state index is 13.4. The summed E-state index contributed by atoms with van der Waals surface area (Å²) in [7, 11) is 0. The van der Waals surface area contributed by atoms with Gasteiger partial charge in [0.25, 0.3) is 0 Å². The summed E-state index contributed by atoms with van der Waals surface area (Å²) in [5.74, 6) is -0.230. The summed E-state index contributed by atoms with van der Waals surface area (Å²) in [6.07, 6.45) is 4.04. The number of hydrogen-bond donors (Lipinski definition) is 1. The Hall–Kier alpha value is -1.72. The van der Waals surface area contributed by atoms with E-state index in [0.29, 0.717) is 19.3 Å². The highest BCUT2D eigenvalue weighted by atomic mass is 16.5. The number of para-hydroxylation sites is 1. The van der Waals surface area contributed by atoms with Crippen LogP contribution in [-0.4, -0.2) is 43.2 Å².